The maximum atomic E-state index is 13.8. The van der Waals surface area contributed by atoms with E-state index in [9.17, 15) is 19.5 Å². The number of amides is 1. The molecule has 0 radical (unpaired) electrons. The largest absolute Gasteiger partial charge is 0.458 e. The van der Waals surface area contributed by atoms with E-state index in [-0.39, 0.29) is 24.5 Å². The van der Waals surface area contributed by atoms with Gasteiger partial charge in [-0.25, -0.2) is 4.79 Å². The number of nitrogens with two attached hydrogens (primary N) is 1. The molecule has 3 aliphatic heterocycles. The van der Waals surface area contributed by atoms with Crippen molar-refractivity contribution in [3.63, 3.8) is 0 Å². The Kier molecular flexibility index (Phi) is 13.9. The summed E-state index contributed by atoms with van der Waals surface area (Å²) in [5.74, 6) is -2.34. The van der Waals surface area contributed by atoms with E-state index in [2.05, 4.69) is 15.3 Å². The summed E-state index contributed by atoms with van der Waals surface area (Å²) in [6.07, 6.45) is -2.51. The molecule has 3 saturated heterocycles. The van der Waals surface area contributed by atoms with E-state index in [1.54, 1.807) is 18.9 Å². The van der Waals surface area contributed by atoms with E-state index in [0.29, 0.717) is 51.7 Å². The lowest BCUT2D eigenvalue weighted by Crippen LogP contribution is -2.61. The maximum absolute atomic E-state index is 13.8. The lowest BCUT2D eigenvalue weighted by molar-refractivity contribution is -0.282. The number of unbranched alkanes of at least 4 members (excludes halogenated alkanes) is 1. The number of azide groups is 1. The van der Waals surface area contributed by atoms with Gasteiger partial charge in [0, 0.05) is 43.6 Å². The molecule has 0 aliphatic carbocycles. The minimum absolute atomic E-state index is 0.00837. The lowest BCUT2D eigenvalue weighted by Gasteiger charge is -2.43. The predicted octanol–water partition coefficient (Wildman–Crippen LogP) is 3.20. The van der Waals surface area contributed by atoms with Crippen molar-refractivity contribution >= 4 is 17.8 Å². The van der Waals surface area contributed by atoms with Gasteiger partial charge in [-0.2, -0.15) is 0 Å². The first-order valence-corrected chi connectivity index (χ1v) is 16.9. The highest BCUT2D eigenvalue weighted by Crippen LogP contribution is 2.39. The first kappa shape index (κ1) is 38.9. The first-order chi connectivity index (χ1) is 22.1. The second-order valence-corrected chi connectivity index (χ2v) is 13.9. The molecule has 0 spiro atoms. The summed E-state index contributed by atoms with van der Waals surface area (Å²) in [7, 11) is 1.54. The summed E-state index contributed by atoms with van der Waals surface area (Å²) in [5, 5.41) is 18.0. The minimum atomic E-state index is -1.22. The van der Waals surface area contributed by atoms with Gasteiger partial charge in [0.05, 0.1) is 23.9 Å². The van der Waals surface area contributed by atoms with Crippen molar-refractivity contribution in [1.29, 1.82) is 0 Å². The van der Waals surface area contributed by atoms with Crippen LogP contribution in [0.1, 0.15) is 87.0 Å². The quantitative estimate of drug-likeness (QED) is 0.0812. The molecule has 0 aromatic rings. The fourth-order valence-electron chi connectivity index (χ4n) is 7.21. The highest BCUT2D eigenvalue weighted by molar-refractivity contribution is 5.99. The van der Waals surface area contributed by atoms with Crippen LogP contribution in [-0.2, 0) is 33.3 Å². The Hall–Kier alpha value is -2.52. The van der Waals surface area contributed by atoms with Gasteiger partial charge in [-0.1, -0.05) is 19.0 Å². The summed E-state index contributed by atoms with van der Waals surface area (Å²) in [6.45, 7) is 14.0. The zero-order chi connectivity index (χ0) is 35.1. The number of carbonyl (C=O) groups is 3. The number of cyclic esters (lactones) is 1. The molecule has 268 valence electrons. The van der Waals surface area contributed by atoms with Crippen LogP contribution >= 0.6 is 0 Å². The van der Waals surface area contributed by atoms with Crippen molar-refractivity contribution in [1.82, 2.24) is 10.2 Å². The second kappa shape index (κ2) is 16.7. The van der Waals surface area contributed by atoms with E-state index in [4.69, 9.17) is 34.9 Å². The number of fused-ring (bicyclic) bond motifs is 1. The van der Waals surface area contributed by atoms with Crippen LogP contribution in [0.4, 0.5) is 4.79 Å². The Morgan fingerprint density at radius 2 is 1.89 bits per heavy atom. The van der Waals surface area contributed by atoms with E-state index in [0.717, 1.165) is 0 Å². The summed E-state index contributed by atoms with van der Waals surface area (Å²) in [6, 6.07) is -1.38. The smallest absolute Gasteiger partial charge is 0.410 e. The SMILES string of the molecule is CC[C@H]1OC(=O)[C@H](C)C(=O)C[C@@H](O[C@@H]2O[C@H](C)CC(N)C2O)[C@@](C)(OC)C[C@@H](C)CN[C@H](C)[C@H]2N(CCCCN=[N+]=[N-])C(=O)O[C@]12C. The molecule has 2 unspecified atom stereocenters. The number of Topliss-reactive ketones (excluding diaryl/α,β-unsaturated/α-hetero) is 1. The molecule has 1 amide bonds. The average Bonchev–Trinajstić information content (AvgIpc) is 3.28. The first-order valence-electron chi connectivity index (χ1n) is 16.9. The van der Waals surface area contributed by atoms with E-state index in [1.807, 2.05) is 34.6 Å². The third-order valence-corrected chi connectivity index (χ3v) is 10.1. The molecule has 12 atom stereocenters. The van der Waals surface area contributed by atoms with E-state index < -0.39 is 71.7 Å². The van der Waals surface area contributed by atoms with Gasteiger partial charge < -0.3 is 39.8 Å². The number of carbonyl (C=O) groups excluding carboxylic acids is 3. The summed E-state index contributed by atoms with van der Waals surface area (Å²) in [5.41, 5.74) is 12.5. The van der Waals surface area contributed by atoms with Crippen LogP contribution in [0.15, 0.2) is 5.11 Å². The van der Waals surface area contributed by atoms with Gasteiger partial charge in [0.2, 0.25) is 0 Å². The molecule has 3 heterocycles. The van der Waals surface area contributed by atoms with Crippen LogP contribution in [0, 0.1) is 11.8 Å². The minimum Gasteiger partial charge on any atom is -0.458 e. The molecule has 0 saturated carbocycles. The molecule has 3 fully saturated rings. The van der Waals surface area contributed by atoms with Crippen molar-refractivity contribution in [3.05, 3.63) is 10.4 Å². The predicted molar refractivity (Wildman–Crippen MR) is 172 cm³/mol. The second-order valence-electron chi connectivity index (χ2n) is 13.9. The number of esters is 1. The highest BCUT2D eigenvalue weighted by Gasteiger charge is 2.58. The van der Waals surface area contributed by atoms with Gasteiger partial charge in [0.1, 0.15) is 23.9 Å². The molecule has 3 aliphatic rings. The number of nitrogens with zero attached hydrogens (tertiary/aromatic N) is 4. The number of ether oxygens (including phenoxy) is 5. The summed E-state index contributed by atoms with van der Waals surface area (Å²) < 4.78 is 30.3. The molecule has 0 bridgehead atoms. The fraction of sp³-hybridized carbons (Fsp3) is 0.906. The van der Waals surface area contributed by atoms with Gasteiger partial charge in [0.15, 0.2) is 11.9 Å². The lowest BCUT2D eigenvalue weighted by atomic mass is 9.83. The van der Waals surface area contributed by atoms with Gasteiger partial charge in [-0.15, -0.1) is 0 Å². The third-order valence-electron chi connectivity index (χ3n) is 10.1. The van der Waals surface area contributed by atoms with Crippen LogP contribution in [0.5, 0.6) is 0 Å². The van der Waals surface area contributed by atoms with Gasteiger partial charge in [-0.05, 0) is 84.7 Å². The maximum Gasteiger partial charge on any atom is 0.410 e. The Bertz CT molecular complexity index is 1140. The zero-order valence-corrected chi connectivity index (χ0v) is 29.2. The van der Waals surface area contributed by atoms with Gasteiger partial charge in [-0.3, -0.25) is 14.5 Å². The number of aliphatic hydroxyl groups is 1. The molecule has 4 N–H and O–H groups in total. The summed E-state index contributed by atoms with van der Waals surface area (Å²) >= 11 is 0. The standard InChI is InChI=1S/C32H56N6O9/c1-9-24-32(7)27(38(30(42)47-32)13-11-10-12-36-37-34)21(5)35-17-18(2)16-31(6,43-8)25(15-23(39)20(4)28(41)45-24)46-29-26(40)22(33)14-19(3)44-29/h18-22,24-27,29,35,40H,9-17,33H2,1-8H3/t18-,19-,20-,21-,22?,24-,25-,26?,27-,29+,31+,32-/m1/s1. The van der Waals surface area contributed by atoms with Gasteiger partial charge in [0.25, 0.3) is 0 Å². The van der Waals surface area contributed by atoms with Crippen LogP contribution < -0.4 is 11.1 Å². The Morgan fingerprint density at radius 1 is 1.19 bits per heavy atom. The number of rotatable bonds is 9. The van der Waals surface area contributed by atoms with Crippen molar-refractivity contribution in [2.75, 3.05) is 26.7 Å². The molecule has 3 rings (SSSR count). The molecular formula is C32H56N6O9. The zero-order valence-electron chi connectivity index (χ0n) is 29.2. The molecular weight excluding hydrogens is 612 g/mol. The molecule has 15 nitrogen and oxygen atoms in total. The Balaban J connectivity index is 1.97. The molecule has 0 aromatic carbocycles. The topological polar surface area (TPSA) is 208 Å². The number of hydrogen-bond acceptors (Lipinski definition) is 12. The molecule has 15 heteroatoms. The van der Waals surface area contributed by atoms with Crippen molar-refractivity contribution in [2.24, 2.45) is 22.7 Å². The van der Waals surface area contributed by atoms with Gasteiger partial charge >= 0.3 is 12.1 Å². The number of methoxy groups -OCH3 is 1. The number of hydrogen-bond donors (Lipinski definition) is 3. The van der Waals surface area contributed by atoms with E-state index in [1.165, 1.54) is 6.92 Å². The van der Waals surface area contributed by atoms with Crippen molar-refractivity contribution in [2.45, 2.75) is 147 Å². The molecule has 47 heavy (non-hydrogen) atoms. The van der Waals surface area contributed by atoms with Crippen molar-refractivity contribution < 1.29 is 43.2 Å². The summed E-state index contributed by atoms with van der Waals surface area (Å²) in [4.78, 5) is 45.1. The third kappa shape index (κ3) is 9.14. The number of ketones is 1. The molecule has 0 aromatic heterocycles. The normalized spacial score (nSPS) is 40.8. The van der Waals surface area contributed by atoms with Crippen molar-refractivity contribution in [3.8, 4) is 0 Å². The highest BCUT2D eigenvalue weighted by atomic mass is 16.7. The number of nitrogens with one attached hydrogen (secondary N) is 1. The van der Waals surface area contributed by atoms with Crippen LogP contribution in [0.2, 0.25) is 0 Å². The Labute approximate surface area is 278 Å². The van der Waals surface area contributed by atoms with Crippen LogP contribution in [0.3, 0.4) is 0 Å². The number of aliphatic hydroxyl groups excluding tert-OH is 1. The fourth-order valence-corrected chi connectivity index (χ4v) is 7.21. The Morgan fingerprint density at radius 3 is 2.53 bits per heavy atom. The van der Waals surface area contributed by atoms with E-state index >= 15 is 0 Å². The van der Waals surface area contributed by atoms with Crippen LogP contribution in [-0.4, -0.2) is 115 Å². The monoisotopic (exact) mass is 668 g/mol. The van der Waals surface area contributed by atoms with Crippen LogP contribution in [0.25, 0.3) is 10.4 Å². The average molecular weight is 669 g/mol.